The van der Waals surface area contributed by atoms with Gasteiger partial charge < -0.3 is 10.1 Å². The van der Waals surface area contributed by atoms with Gasteiger partial charge in [-0.2, -0.15) is 0 Å². The monoisotopic (exact) mass is 502 g/mol. The molecule has 1 N–H and O–H groups in total. The Morgan fingerprint density at radius 2 is 1.53 bits per heavy atom. The van der Waals surface area contributed by atoms with Crippen molar-refractivity contribution >= 4 is 58.3 Å². The summed E-state index contributed by atoms with van der Waals surface area (Å²) < 4.78 is 5.10. The van der Waals surface area contributed by atoms with Crippen LogP contribution in [0.1, 0.15) is 34.3 Å². The van der Waals surface area contributed by atoms with Crippen LogP contribution in [-0.2, 0) is 19.1 Å². The summed E-state index contributed by atoms with van der Waals surface area (Å²) >= 11 is 12.4. The summed E-state index contributed by atoms with van der Waals surface area (Å²) in [6.07, 6.45) is 0.714. The molecule has 4 atom stereocenters. The van der Waals surface area contributed by atoms with E-state index in [1.807, 2.05) is 26.0 Å². The number of ether oxygens (including phenoxy) is 1. The number of nitrogens with one attached hydrogen (secondary N) is 1. The van der Waals surface area contributed by atoms with Crippen LogP contribution < -0.4 is 10.2 Å². The summed E-state index contributed by atoms with van der Waals surface area (Å²) in [7, 11) is 0. The number of aryl methyl sites for hydroxylation is 2. The number of amides is 3. The fourth-order valence-corrected chi connectivity index (χ4v) is 4.92. The molecule has 1 aliphatic heterocycles. The molecule has 0 spiro atoms. The summed E-state index contributed by atoms with van der Waals surface area (Å²) in [6, 6.07) is 11.4. The predicted octanol–water partition coefficient (Wildman–Crippen LogP) is 4.21. The largest absolute Gasteiger partial charge is 0.452 e. The number of hydrogen-bond donors (Lipinski definition) is 1. The van der Waals surface area contributed by atoms with Gasteiger partial charge in [0.1, 0.15) is 0 Å². The van der Waals surface area contributed by atoms with Crippen LogP contribution in [0.5, 0.6) is 0 Å². The van der Waals surface area contributed by atoms with Gasteiger partial charge in [0.15, 0.2) is 6.61 Å². The van der Waals surface area contributed by atoms with E-state index in [4.69, 9.17) is 27.9 Å². The van der Waals surface area contributed by atoms with Crippen molar-refractivity contribution in [2.75, 3.05) is 16.8 Å². The van der Waals surface area contributed by atoms with Gasteiger partial charge in [0.05, 0.1) is 33.8 Å². The zero-order valence-electron chi connectivity index (χ0n) is 18.7. The van der Waals surface area contributed by atoms with Crippen LogP contribution in [0.25, 0.3) is 0 Å². The minimum Gasteiger partial charge on any atom is -0.452 e. The van der Waals surface area contributed by atoms with Crippen molar-refractivity contribution in [1.29, 1.82) is 0 Å². The van der Waals surface area contributed by atoms with Gasteiger partial charge in [-0.25, -0.2) is 4.79 Å². The second kappa shape index (κ2) is 9.76. The first kappa shape index (κ1) is 24.2. The van der Waals surface area contributed by atoms with E-state index >= 15 is 0 Å². The number of fused-ring (bicyclic) bond motifs is 1. The molecule has 2 aromatic carbocycles. The number of imide groups is 1. The van der Waals surface area contributed by atoms with Crippen molar-refractivity contribution in [1.82, 2.24) is 0 Å². The van der Waals surface area contributed by atoms with E-state index in [1.54, 1.807) is 6.07 Å². The van der Waals surface area contributed by atoms with Gasteiger partial charge in [-0.1, -0.05) is 6.07 Å². The number of hydrogen-bond acceptors (Lipinski definition) is 5. The Labute approximate surface area is 207 Å². The van der Waals surface area contributed by atoms with Gasteiger partial charge in [-0.3, -0.25) is 19.3 Å². The quantitative estimate of drug-likeness (QED) is 0.375. The number of halogens is 2. The number of carbonyl (C=O) groups excluding carboxylic acids is 4. The van der Waals surface area contributed by atoms with Crippen LogP contribution in [0, 0.1) is 25.7 Å². The Morgan fingerprint density at radius 3 is 2.09 bits per heavy atom. The van der Waals surface area contributed by atoms with E-state index < -0.39 is 30.3 Å². The molecule has 3 amide bonds. The van der Waals surface area contributed by atoms with E-state index in [9.17, 15) is 19.2 Å². The van der Waals surface area contributed by atoms with E-state index in [2.05, 4.69) is 5.32 Å². The highest BCUT2D eigenvalue weighted by molar-refractivity contribution is 6.31. The molecule has 9 heteroatoms. The SMILES string of the molecule is Cc1ccc(NC(=O)COC(=O)c2ccc(N3C(=O)[C@H]4C[C@@H](Cl)[C@@H](Cl)C[C@H]4C3=O)cc2)cc1C. The first-order chi connectivity index (χ1) is 16.2. The molecule has 34 heavy (non-hydrogen) atoms. The minimum atomic E-state index is -0.690. The lowest BCUT2D eigenvalue weighted by Gasteiger charge is -2.28. The van der Waals surface area contributed by atoms with Crippen LogP contribution in [0.15, 0.2) is 42.5 Å². The van der Waals surface area contributed by atoms with Gasteiger partial charge >= 0.3 is 5.97 Å². The average Bonchev–Trinajstić information content (AvgIpc) is 3.04. The number of alkyl halides is 2. The molecule has 4 rings (SSSR count). The fourth-order valence-electron chi connectivity index (χ4n) is 4.33. The maximum absolute atomic E-state index is 12.9. The molecule has 0 aromatic heterocycles. The normalized spacial score (nSPS) is 24.1. The lowest BCUT2D eigenvalue weighted by atomic mass is 9.80. The molecule has 0 bridgehead atoms. The Balaban J connectivity index is 1.36. The molecule has 1 aliphatic carbocycles. The van der Waals surface area contributed by atoms with Crippen molar-refractivity contribution in [3.8, 4) is 0 Å². The summed E-state index contributed by atoms with van der Waals surface area (Å²) in [5.41, 5.74) is 3.33. The second-order valence-electron chi connectivity index (χ2n) is 8.70. The lowest BCUT2D eigenvalue weighted by Crippen LogP contribution is -2.34. The predicted molar refractivity (Wildman–Crippen MR) is 129 cm³/mol. The third-order valence-electron chi connectivity index (χ3n) is 6.40. The van der Waals surface area contributed by atoms with Crippen LogP contribution in [0.4, 0.5) is 11.4 Å². The van der Waals surface area contributed by atoms with Crippen molar-refractivity contribution in [3.05, 3.63) is 59.2 Å². The molecule has 1 saturated heterocycles. The third kappa shape index (κ3) is 4.81. The highest BCUT2D eigenvalue weighted by Gasteiger charge is 2.52. The Bertz CT molecular complexity index is 1120. The molecular weight excluding hydrogens is 479 g/mol. The topological polar surface area (TPSA) is 92.8 Å². The second-order valence-corrected chi connectivity index (χ2v) is 9.82. The number of anilines is 2. The van der Waals surface area contributed by atoms with Gasteiger partial charge in [0.2, 0.25) is 11.8 Å². The third-order valence-corrected chi connectivity index (χ3v) is 7.49. The van der Waals surface area contributed by atoms with Crippen LogP contribution in [-0.4, -0.2) is 41.1 Å². The van der Waals surface area contributed by atoms with Crippen molar-refractivity contribution in [3.63, 3.8) is 0 Å². The van der Waals surface area contributed by atoms with Crippen LogP contribution in [0.2, 0.25) is 0 Å². The molecule has 1 saturated carbocycles. The van der Waals surface area contributed by atoms with E-state index in [-0.39, 0.29) is 28.1 Å². The number of carbonyl (C=O) groups is 4. The molecule has 0 radical (unpaired) electrons. The van der Waals surface area contributed by atoms with Crippen LogP contribution >= 0.6 is 23.2 Å². The van der Waals surface area contributed by atoms with E-state index in [0.717, 1.165) is 16.0 Å². The Hall–Kier alpha value is -2.90. The van der Waals surface area contributed by atoms with Crippen molar-refractivity contribution in [2.24, 2.45) is 11.8 Å². The number of nitrogens with zero attached hydrogens (tertiary/aromatic N) is 1. The Kier molecular flexibility index (Phi) is 6.96. The number of benzene rings is 2. The average molecular weight is 503 g/mol. The summed E-state index contributed by atoms with van der Waals surface area (Å²) in [5, 5.41) is 1.97. The molecule has 178 valence electrons. The van der Waals surface area contributed by atoms with Gasteiger partial charge in [-0.05, 0) is 74.2 Å². The molecule has 2 aromatic rings. The van der Waals surface area contributed by atoms with Crippen LogP contribution in [0.3, 0.4) is 0 Å². The summed E-state index contributed by atoms with van der Waals surface area (Å²) in [6.45, 7) is 3.47. The Morgan fingerprint density at radius 1 is 0.941 bits per heavy atom. The van der Waals surface area contributed by atoms with Gasteiger partial charge in [0, 0.05) is 5.69 Å². The molecule has 2 fully saturated rings. The number of rotatable bonds is 5. The zero-order valence-corrected chi connectivity index (χ0v) is 20.2. The standard InChI is InChI=1S/C25H24Cl2N2O5/c1-13-3-6-16(9-14(13)2)28-22(30)12-34-25(33)15-4-7-17(8-5-15)29-23(31)18-10-20(26)21(27)11-19(18)24(29)32/h3-9,18-21H,10-12H2,1-2H3,(H,28,30)/t18-,19+,20+,21-. The van der Waals surface area contributed by atoms with Crippen molar-refractivity contribution < 1.29 is 23.9 Å². The van der Waals surface area contributed by atoms with Crippen molar-refractivity contribution in [2.45, 2.75) is 37.4 Å². The molecule has 0 unspecified atom stereocenters. The first-order valence-corrected chi connectivity index (χ1v) is 11.8. The zero-order chi connectivity index (χ0) is 24.6. The molecular formula is C25H24Cl2N2O5. The molecule has 2 aliphatic rings. The summed E-state index contributed by atoms with van der Waals surface area (Å²) in [5.74, 6) is -2.72. The fraction of sp³-hybridized carbons (Fsp3) is 0.360. The summed E-state index contributed by atoms with van der Waals surface area (Å²) in [4.78, 5) is 51.3. The first-order valence-electron chi connectivity index (χ1n) is 11.0. The minimum absolute atomic E-state index is 0.195. The van der Waals surface area contributed by atoms with Gasteiger partial charge in [0.25, 0.3) is 5.91 Å². The maximum atomic E-state index is 12.9. The highest BCUT2D eigenvalue weighted by atomic mass is 35.5. The maximum Gasteiger partial charge on any atom is 0.338 e. The van der Waals surface area contributed by atoms with Gasteiger partial charge in [-0.15, -0.1) is 23.2 Å². The molecule has 1 heterocycles. The molecule has 7 nitrogen and oxygen atoms in total. The van der Waals surface area contributed by atoms with E-state index in [1.165, 1.54) is 24.3 Å². The lowest BCUT2D eigenvalue weighted by molar-refractivity contribution is -0.122. The smallest absolute Gasteiger partial charge is 0.338 e. The highest BCUT2D eigenvalue weighted by Crippen LogP contribution is 2.43. The number of esters is 1. The van der Waals surface area contributed by atoms with E-state index in [0.29, 0.717) is 24.2 Å².